The van der Waals surface area contributed by atoms with Gasteiger partial charge in [0.05, 0.1) is 5.69 Å². The maximum absolute atomic E-state index is 13.3. The highest BCUT2D eigenvalue weighted by atomic mass is 32.1. The van der Waals surface area contributed by atoms with Crippen molar-refractivity contribution in [1.82, 2.24) is 5.32 Å². The van der Waals surface area contributed by atoms with Crippen LogP contribution in [0, 0.1) is 0 Å². The lowest BCUT2D eigenvalue weighted by Gasteiger charge is -2.29. The summed E-state index contributed by atoms with van der Waals surface area (Å²) in [5.41, 5.74) is 1.50. The molecule has 0 radical (unpaired) electrons. The molecule has 4 aromatic carbocycles. The van der Waals surface area contributed by atoms with E-state index in [1.165, 1.54) is 4.90 Å². The average molecular weight is 408 g/mol. The number of nitrogens with one attached hydrogen (secondary N) is 1. The summed E-state index contributed by atoms with van der Waals surface area (Å²) in [6, 6.07) is 27.1. The number of carbonyl (C=O) groups excluding carboxylic acids is 2. The molecule has 0 unspecified atom stereocenters. The van der Waals surface area contributed by atoms with Gasteiger partial charge in [0.1, 0.15) is 5.57 Å². The van der Waals surface area contributed by atoms with Crippen LogP contribution >= 0.6 is 12.2 Å². The van der Waals surface area contributed by atoms with E-state index in [9.17, 15) is 9.59 Å². The van der Waals surface area contributed by atoms with E-state index in [1.54, 1.807) is 18.2 Å². The molecule has 1 heterocycles. The molecule has 1 N–H and O–H groups in total. The second-order valence-corrected chi connectivity index (χ2v) is 7.41. The van der Waals surface area contributed by atoms with E-state index >= 15 is 0 Å². The molecule has 5 heteroatoms. The Kier molecular flexibility index (Phi) is 4.38. The molecule has 0 saturated carbocycles. The highest BCUT2D eigenvalue weighted by Gasteiger charge is 2.34. The third kappa shape index (κ3) is 2.96. The molecule has 5 rings (SSSR count). The van der Waals surface area contributed by atoms with Gasteiger partial charge in [0, 0.05) is 0 Å². The van der Waals surface area contributed by atoms with Gasteiger partial charge in [-0.05, 0) is 63.6 Å². The van der Waals surface area contributed by atoms with Crippen LogP contribution in [0.15, 0.2) is 90.5 Å². The summed E-state index contributed by atoms with van der Waals surface area (Å²) < 4.78 is 0. The Morgan fingerprint density at radius 3 is 1.97 bits per heavy atom. The average Bonchev–Trinajstić information content (AvgIpc) is 2.76. The van der Waals surface area contributed by atoms with Gasteiger partial charge in [-0.15, -0.1) is 0 Å². The first-order chi connectivity index (χ1) is 14.6. The maximum Gasteiger partial charge on any atom is 0.270 e. The Morgan fingerprint density at radius 2 is 1.33 bits per heavy atom. The summed E-state index contributed by atoms with van der Waals surface area (Å²) in [6.07, 6.45) is 1.68. The van der Waals surface area contributed by atoms with Crippen LogP contribution in [0.5, 0.6) is 0 Å². The Labute approximate surface area is 178 Å². The molecule has 0 aromatic heterocycles. The fraction of sp³-hybridized carbons (Fsp3) is 0. The molecule has 2 amide bonds. The molecule has 1 aliphatic heterocycles. The molecule has 144 valence electrons. The summed E-state index contributed by atoms with van der Waals surface area (Å²) in [5.74, 6) is -0.929. The van der Waals surface area contributed by atoms with Crippen LogP contribution in [-0.4, -0.2) is 16.9 Å². The zero-order valence-electron chi connectivity index (χ0n) is 15.8. The number of nitrogens with zero attached hydrogens (tertiary/aromatic N) is 1. The first kappa shape index (κ1) is 18.2. The van der Waals surface area contributed by atoms with E-state index in [2.05, 4.69) is 11.4 Å². The van der Waals surface area contributed by atoms with Gasteiger partial charge in [0.2, 0.25) is 0 Å². The Balaban J connectivity index is 1.74. The number of fused-ring (bicyclic) bond motifs is 2. The number of benzene rings is 4. The molecule has 0 aliphatic carbocycles. The van der Waals surface area contributed by atoms with Crippen molar-refractivity contribution in [2.24, 2.45) is 0 Å². The molecule has 0 atom stereocenters. The van der Waals surface area contributed by atoms with Gasteiger partial charge < -0.3 is 0 Å². The van der Waals surface area contributed by atoms with Crippen molar-refractivity contribution in [2.75, 3.05) is 4.90 Å². The highest BCUT2D eigenvalue weighted by molar-refractivity contribution is 7.80. The number of para-hydroxylation sites is 1. The lowest BCUT2D eigenvalue weighted by atomic mass is 9.94. The van der Waals surface area contributed by atoms with Crippen LogP contribution in [0.4, 0.5) is 5.69 Å². The maximum atomic E-state index is 13.3. The zero-order chi connectivity index (χ0) is 20.7. The molecular formula is C25H16N2O2S. The minimum Gasteiger partial charge on any atom is -0.298 e. The summed E-state index contributed by atoms with van der Waals surface area (Å²) in [6.45, 7) is 0. The van der Waals surface area contributed by atoms with Gasteiger partial charge in [-0.25, -0.2) is 0 Å². The standard InChI is InChI=1S/C25H16N2O2S/c28-23-22(24(29)27(25(30)26-23)18-10-2-1-3-11-18)15-21-19-12-6-4-8-16(19)14-17-9-5-7-13-20(17)21/h1-15H,(H,26,28,30). The molecular weight excluding hydrogens is 392 g/mol. The van der Waals surface area contributed by atoms with Crippen LogP contribution in [0.25, 0.3) is 27.6 Å². The SMILES string of the molecule is O=C1NC(=S)N(c2ccccc2)C(=O)C1=Cc1c2ccccc2cc2ccccc12. The highest BCUT2D eigenvalue weighted by Crippen LogP contribution is 2.31. The number of hydrogen-bond donors (Lipinski definition) is 1. The van der Waals surface area contributed by atoms with Gasteiger partial charge in [0.15, 0.2) is 5.11 Å². The van der Waals surface area contributed by atoms with Gasteiger partial charge >= 0.3 is 0 Å². The number of anilines is 1. The van der Waals surface area contributed by atoms with E-state index in [0.29, 0.717) is 5.69 Å². The number of amides is 2. The van der Waals surface area contributed by atoms with Crippen molar-refractivity contribution in [3.63, 3.8) is 0 Å². The van der Waals surface area contributed by atoms with Crippen molar-refractivity contribution in [1.29, 1.82) is 0 Å². The second kappa shape index (κ2) is 7.21. The van der Waals surface area contributed by atoms with E-state index in [4.69, 9.17) is 12.2 Å². The van der Waals surface area contributed by atoms with Gasteiger partial charge in [-0.3, -0.25) is 19.8 Å². The largest absolute Gasteiger partial charge is 0.298 e. The molecule has 0 bridgehead atoms. The molecule has 1 saturated heterocycles. The van der Waals surface area contributed by atoms with Crippen LogP contribution in [0.2, 0.25) is 0 Å². The minimum absolute atomic E-state index is 0.0500. The van der Waals surface area contributed by atoms with E-state index in [1.807, 2.05) is 66.7 Å². The summed E-state index contributed by atoms with van der Waals surface area (Å²) in [5, 5.41) is 6.77. The molecule has 0 spiro atoms. The third-order valence-electron chi connectivity index (χ3n) is 5.22. The number of carbonyl (C=O) groups is 2. The summed E-state index contributed by atoms with van der Waals surface area (Å²) in [7, 11) is 0. The van der Waals surface area contributed by atoms with Crippen LogP contribution in [0.1, 0.15) is 5.56 Å². The van der Waals surface area contributed by atoms with Gasteiger partial charge in [-0.2, -0.15) is 0 Å². The smallest absolute Gasteiger partial charge is 0.270 e. The van der Waals surface area contributed by atoms with Gasteiger partial charge in [0.25, 0.3) is 11.8 Å². The normalized spacial score (nSPS) is 15.8. The first-order valence-electron chi connectivity index (χ1n) is 9.50. The lowest BCUT2D eigenvalue weighted by molar-refractivity contribution is -0.122. The number of rotatable bonds is 2. The van der Waals surface area contributed by atoms with Crippen LogP contribution < -0.4 is 10.2 Å². The number of thiocarbonyl (C=S) groups is 1. The summed E-state index contributed by atoms with van der Waals surface area (Å²) >= 11 is 5.28. The Morgan fingerprint density at radius 1 is 0.767 bits per heavy atom. The summed E-state index contributed by atoms with van der Waals surface area (Å²) in [4.78, 5) is 27.4. The molecule has 30 heavy (non-hydrogen) atoms. The molecule has 4 nitrogen and oxygen atoms in total. The van der Waals surface area contributed by atoms with Crippen LogP contribution in [0.3, 0.4) is 0 Å². The lowest BCUT2D eigenvalue weighted by Crippen LogP contribution is -2.54. The molecule has 1 aliphatic rings. The quantitative estimate of drug-likeness (QED) is 0.224. The van der Waals surface area contributed by atoms with Crippen molar-refractivity contribution >= 4 is 62.5 Å². The zero-order valence-corrected chi connectivity index (χ0v) is 16.6. The second-order valence-electron chi connectivity index (χ2n) is 7.03. The van der Waals surface area contributed by atoms with Crippen molar-refractivity contribution in [3.8, 4) is 0 Å². The molecule has 4 aromatic rings. The predicted molar refractivity (Wildman–Crippen MR) is 124 cm³/mol. The van der Waals surface area contributed by atoms with E-state index in [0.717, 1.165) is 27.1 Å². The van der Waals surface area contributed by atoms with Crippen LogP contribution in [-0.2, 0) is 9.59 Å². The first-order valence-corrected chi connectivity index (χ1v) is 9.91. The van der Waals surface area contributed by atoms with Gasteiger partial charge in [-0.1, -0.05) is 66.7 Å². The fourth-order valence-corrected chi connectivity index (χ4v) is 4.10. The number of hydrogen-bond acceptors (Lipinski definition) is 3. The molecule has 1 fully saturated rings. The van der Waals surface area contributed by atoms with Crippen molar-refractivity contribution < 1.29 is 9.59 Å². The van der Waals surface area contributed by atoms with E-state index in [-0.39, 0.29) is 10.7 Å². The Hall–Kier alpha value is -3.83. The van der Waals surface area contributed by atoms with Crippen molar-refractivity contribution in [3.05, 3.63) is 96.1 Å². The Bertz CT molecular complexity index is 1320. The fourth-order valence-electron chi connectivity index (χ4n) is 3.82. The van der Waals surface area contributed by atoms with Crippen molar-refractivity contribution in [2.45, 2.75) is 0 Å². The topological polar surface area (TPSA) is 49.4 Å². The minimum atomic E-state index is -0.491. The third-order valence-corrected chi connectivity index (χ3v) is 5.50. The van der Waals surface area contributed by atoms with E-state index < -0.39 is 11.8 Å². The predicted octanol–water partition coefficient (Wildman–Crippen LogP) is 4.82. The monoisotopic (exact) mass is 408 g/mol.